The van der Waals surface area contributed by atoms with Crippen molar-refractivity contribution in [3.05, 3.63) is 35.4 Å². The van der Waals surface area contributed by atoms with Crippen LogP contribution in [0.1, 0.15) is 30.5 Å². The molecule has 0 spiro atoms. The lowest BCUT2D eigenvalue weighted by molar-refractivity contribution is -0.102. The zero-order valence-electron chi connectivity index (χ0n) is 10.9. The first-order valence-corrected chi connectivity index (χ1v) is 6.59. The molecule has 18 heavy (non-hydrogen) atoms. The van der Waals surface area contributed by atoms with Gasteiger partial charge in [-0.05, 0) is 17.5 Å². The second-order valence-electron chi connectivity index (χ2n) is 4.62. The predicted octanol–water partition coefficient (Wildman–Crippen LogP) is 1.56. The van der Waals surface area contributed by atoms with Crippen molar-refractivity contribution in [2.75, 3.05) is 19.8 Å². The zero-order valence-corrected chi connectivity index (χ0v) is 10.9. The average molecular weight is 250 g/mol. The number of nitrogens with one attached hydrogen (secondary N) is 1. The Morgan fingerprint density at radius 3 is 3.00 bits per heavy atom. The summed E-state index contributed by atoms with van der Waals surface area (Å²) in [4.78, 5) is 0. The van der Waals surface area contributed by atoms with Crippen LogP contribution in [0.3, 0.4) is 0 Å². The van der Waals surface area contributed by atoms with E-state index in [0.29, 0.717) is 19.8 Å². The van der Waals surface area contributed by atoms with Crippen molar-refractivity contribution in [2.24, 2.45) is 5.84 Å². The van der Waals surface area contributed by atoms with Gasteiger partial charge in [-0.25, -0.2) is 0 Å². The molecule has 0 amide bonds. The van der Waals surface area contributed by atoms with Crippen molar-refractivity contribution >= 4 is 0 Å². The lowest BCUT2D eigenvalue weighted by Crippen LogP contribution is -2.43. The van der Waals surface area contributed by atoms with Crippen LogP contribution in [-0.4, -0.2) is 25.9 Å². The number of benzene rings is 1. The lowest BCUT2D eigenvalue weighted by Gasteiger charge is -2.30. The fraction of sp³-hybridized carbons (Fsp3) is 0.571. The number of aryl methyl sites for hydroxylation is 1. The third-order valence-electron chi connectivity index (χ3n) is 3.24. The van der Waals surface area contributed by atoms with E-state index in [1.54, 1.807) is 0 Å². The quantitative estimate of drug-likeness (QED) is 0.615. The van der Waals surface area contributed by atoms with Crippen LogP contribution in [0.15, 0.2) is 24.3 Å². The molecule has 3 N–H and O–H groups in total. The van der Waals surface area contributed by atoms with E-state index < -0.39 is 0 Å². The first-order valence-electron chi connectivity index (χ1n) is 6.59. The molecule has 4 nitrogen and oxygen atoms in total. The number of hydrogen-bond acceptors (Lipinski definition) is 4. The molecule has 100 valence electrons. The Hall–Kier alpha value is -0.940. The van der Waals surface area contributed by atoms with E-state index in [1.807, 2.05) is 0 Å². The molecule has 2 atom stereocenters. The standard InChI is InChI=1S/C14H22N2O2/c1-2-4-11-5-3-6-12(9-11)14(16-15)13-10-17-7-8-18-13/h3,5-6,9,13-14,16H,2,4,7-8,10,15H2,1H3. The number of hydrogen-bond donors (Lipinski definition) is 2. The lowest BCUT2D eigenvalue weighted by atomic mass is 9.98. The summed E-state index contributed by atoms with van der Waals surface area (Å²) < 4.78 is 11.2. The molecule has 2 rings (SSSR count). The van der Waals surface area contributed by atoms with Crippen LogP contribution in [0.4, 0.5) is 0 Å². The molecule has 1 saturated heterocycles. The maximum Gasteiger partial charge on any atom is 0.102 e. The molecular weight excluding hydrogens is 228 g/mol. The summed E-state index contributed by atoms with van der Waals surface area (Å²) >= 11 is 0. The largest absolute Gasteiger partial charge is 0.376 e. The minimum Gasteiger partial charge on any atom is -0.376 e. The molecule has 4 heteroatoms. The third-order valence-corrected chi connectivity index (χ3v) is 3.24. The van der Waals surface area contributed by atoms with Gasteiger partial charge in [0.25, 0.3) is 0 Å². The van der Waals surface area contributed by atoms with Crippen LogP contribution in [0.5, 0.6) is 0 Å². The van der Waals surface area contributed by atoms with Gasteiger partial charge in [0.1, 0.15) is 6.10 Å². The highest BCUT2D eigenvalue weighted by atomic mass is 16.6. The molecular formula is C14H22N2O2. The zero-order chi connectivity index (χ0) is 12.8. The fourth-order valence-electron chi connectivity index (χ4n) is 2.35. The van der Waals surface area contributed by atoms with Gasteiger partial charge in [-0.15, -0.1) is 0 Å². The summed E-state index contributed by atoms with van der Waals surface area (Å²) in [6.07, 6.45) is 2.22. The molecule has 1 aromatic carbocycles. The Balaban J connectivity index is 2.12. The van der Waals surface area contributed by atoms with Crippen LogP contribution in [-0.2, 0) is 15.9 Å². The molecule has 1 fully saturated rings. The van der Waals surface area contributed by atoms with Gasteiger partial charge in [0.15, 0.2) is 0 Å². The van der Waals surface area contributed by atoms with Gasteiger partial charge in [-0.1, -0.05) is 37.6 Å². The minimum absolute atomic E-state index is 0.0119. The number of nitrogens with two attached hydrogens (primary N) is 1. The molecule has 1 aromatic rings. The molecule has 2 unspecified atom stereocenters. The average Bonchev–Trinajstić information content (AvgIpc) is 2.42. The third kappa shape index (κ3) is 3.29. The van der Waals surface area contributed by atoms with E-state index in [1.165, 1.54) is 11.1 Å². The summed E-state index contributed by atoms with van der Waals surface area (Å²) in [7, 11) is 0. The van der Waals surface area contributed by atoms with Crippen LogP contribution >= 0.6 is 0 Å². The van der Waals surface area contributed by atoms with Crippen molar-refractivity contribution in [2.45, 2.75) is 31.9 Å². The maximum absolute atomic E-state index is 5.72. The predicted molar refractivity (Wildman–Crippen MR) is 71.1 cm³/mol. The monoisotopic (exact) mass is 250 g/mol. The fourth-order valence-corrected chi connectivity index (χ4v) is 2.35. The van der Waals surface area contributed by atoms with Gasteiger partial charge >= 0.3 is 0 Å². The van der Waals surface area contributed by atoms with E-state index in [-0.39, 0.29) is 12.1 Å². The Morgan fingerprint density at radius 1 is 1.44 bits per heavy atom. The van der Waals surface area contributed by atoms with Crippen molar-refractivity contribution in [1.29, 1.82) is 0 Å². The molecule has 1 heterocycles. The highest BCUT2D eigenvalue weighted by molar-refractivity contribution is 5.27. The van der Waals surface area contributed by atoms with Crippen molar-refractivity contribution in [1.82, 2.24) is 5.43 Å². The van der Waals surface area contributed by atoms with E-state index in [4.69, 9.17) is 15.3 Å². The van der Waals surface area contributed by atoms with Gasteiger partial charge in [0.05, 0.1) is 25.9 Å². The van der Waals surface area contributed by atoms with E-state index >= 15 is 0 Å². The second-order valence-corrected chi connectivity index (χ2v) is 4.62. The smallest absolute Gasteiger partial charge is 0.102 e. The van der Waals surface area contributed by atoms with E-state index in [9.17, 15) is 0 Å². The summed E-state index contributed by atoms with van der Waals surface area (Å²) in [6.45, 7) is 4.08. The van der Waals surface area contributed by atoms with Crippen LogP contribution in [0.2, 0.25) is 0 Å². The van der Waals surface area contributed by atoms with Crippen molar-refractivity contribution in [3.8, 4) is 0 Å². The second kappa shape index (κ2) is 6.85. The summed E-state index contributed by atoms with van der Waals surface area (Å²) in [6, 6.07) is 8.50. The van der Waals surface area contributed by atoms with Gasteiger partial charge in [0.2, 0.25) is 0 Å². The SMILES string of the molecule is CCCc1cccc(C(NN)C2COCCO2)c1. The highest BCUT2D eigenvalue weighted by Gasteiger charge is 2.25. The Kier molecular flexibility index (Phi) is 5.13. The number of ether oxygens (including phenoxy) is 2. The molecule has 0 aromatic heterocycles. The highest BCUT2D eigenvalue weighted by Crippen LogP contribution is 2.22. The first-order chi connectivity index (χ1) is 8.85. The van der Waals surface area contributed by atoms with E-state index in [0.717, 1.165) is 12.8 Å². The Morgan fingerprint density at radius 2 is 2.33 bits per heavy atom. The summed E-state index contributed by atoms with van der Waals surface area (Å²) in [5.74, 6) is 5.67. The van der Waals surface area contributed by atoms with E-state index in [2.05, 4.69) is 36.6 Å². The molecule has 1 aliphatic rings. The van der Waals surface area contributed by atoms with Gasteiger partial charge < -0.3 is 9.47 Å². The maximum atomic E-state index is 5.72. The van der Waals surface area contributed by atoms with Crippen LogP contribution < -0.4 is 11.3 Å². The molecule has 1 aliphatic heterocycles. The van der Waals surface area contributed by atoms with Crippen LogP contribution in [0.25, 0.3) is 0 Å². The van der Waals surface area contributed by atoms with Gasteiger partial charge in [-0.3, -0.25) is 11.3 Å². The summed E-state index contributed by atoms with van der Waals surface area (Å²) in [5, 5.41) is 0. The molecule has 0 bridgehead atoms. The molecule has 0 radical (unpaired) electrons. The molecule has 0 aliphatic carbocycles. The minimum atomic E-state index is -0.0133. The van der Waals surface area contributed by atoms with Gasteiger partial charge in [0, 0.05) is 0 Å². The summed E-state index contributed by atoms with van der Waals surface area (Å²) in [5.41, 5.74) is 5.36. The number of rotatable bonds is 5. The Labute approximate surface area is 108 Å². The molecule has 0 saturated carbocycles. The number of hydrazine groups is 1. The van der Waals surface area contributed by atoms with Crippen molar-refractivity contribution < 1.29 is 9.47 Å². The normalized spacial score (nSPS) is 21.8. The first kappa shape index (κ1) is 13.5. The Bertz CT molecular complexity index is 365. The van der Waals surface area contributed by atoms with Crippen LogP contribution in [0, 0.1) is 0 Å². The topological polar surface area (TPSA) is 56.5 Å². The van der Waals surface area contributed by atoms with Gasteiger partial charge in [-0.2, -0.15) is 0 Å². The van der Waals surface area contributed by atoms with Crippen molar-refractivity contribution in [3.63, 3.8) is 0 Å².